The number of methoxy groups -OCH3 is 6. The van der Waals surface area contributed by atoms with Crippen LogP contribution in [0.3, 0.4) is 0 Å². The molecule has 1 aromatic heterocycles. The van der Waals surface area contributed by atoms with Crippen LogP contribution in [-0.4, -0.2) is 164 Å². The van der Waals surface area contributed by atoms with Gasteiger partial charge in [0.2, 0.25) is 17.6 Å². The molecule has 3 amide bonds. The number of aliphatic imine (C=N–C) groups is 1. The van der Waals surface area contributed by atoms with Gasteiger partial charge < -0.3 is 67.6 Å². The number of ether oxygens (including phenoxy) is 11. The number of benzene rings is 5. The molecule has 23 heteroatoms. The van der Waals surface area contributed by atoms with E-state index < -0.39 is 30.1 Å². The molecule has 8 rings (SSSR count). The number of aryl methyl sites for hydroxylation is 2. The molecule has 1 fully saturated rings. The lowest BCUT2D eigenvalue weighted by Crippen LogP contribution is -2.50. The zero-order valence-corrected chi connectivity index (χ0v) is 52.6. The van der Waals surface area contributed by atoms with Crippen molar-refractivity contribution in [3.63, 3.8) is 0 Å². The fourth-order valence-electron chi connectivity index (χ4n) is 10.8. The van der Waals surface area contributed by atoms with Crippen LogP contribution in [0.5, 0.6) is 40.2 Å². The second kappa shape index (κ2) is 33.2. The maximum absolute atomic E-state index is 14.6. The third kappa shape index (κ3) is 17.5. The summed E-state index contributed by atoms with van der Waals surface area (Å²) >= 11 is 6.24. The summed E-state index contributed by atoms with van der Waals surface area (Å²) in [6.07, 6.45) is 2.52. The average Bonchev–Trinajstić information content (AvgIpc) is 2.71. The van der Waals surface area contributed by atoms with Crippen LogP contribution < -0.4 is 43.8 Å². The van der Waals surface area contributed by atoms with Gasteiger partial charge in [0.1, 0.15) is 35.5 Å². The van der Waals surface area contributed by atoms with Gasteiger partial charge >= 0.3 is 5.97 Å². The number of halogens is 1. The minimum absolute atomic E-state index is 0.0264. The van der Waals surface area contributed by atoms with Crippen LogP contribution in [0.15, 0.2) is 102 Å². The van der Waals surface area contributed by atoms with E-state index in [4.69, 9.17) is 68.7 Å². The Morgan fingerprint density at radius 3 is 2.02 bits per heavy atom. The van der Waals surface area contributed by atoms with E-state index in [1.165, 1.54) is 21.3 Å². The number of esters is 1. The Labute approximate surface area is 524 Å². The van der Waals surface area contributed by atoms with E-state index in [1.54, 1.807) is 68.7 Å². The number of hydrogen-bond acceptors (Lipinski definition) is 18. The predicted molar refractivity (Wildman–Crippen MR) is 333 cm³/mol. The van der Waals surface area contributed by atoms with Crippen molar-refractivity contribution in [2.24, 2.45) is 4.99 Å². The zero-order chi connectivity index (χ0) is 63.2. The van der Waals surface area contributed by atoms with Crippen molar-refractivity contribution in [2.45, 2.75) is 82.9 Å². The molecule has 0 radical (unpaired) electrons. The number of fused-ring (bicyclic) bond motifs is 3. The largest absolute Gasteiger partial charge is 0.497 e. The van der Waals surface area contributed by atoms with Gasteiger partial charge in [-0.3, -0.25) is 23.9 Å². The van der Waals surface area contributed by atoms with Crippen LogP contribution in [0.2, 0.25) is 5.02 Å². The number of carbonyl (C=O) groups is 4. The molecular formula is C66H80ClN7O15. The number of amides is 3. The van der Waals surface area contributed by atoms with Gasteiger partial charge in [0.25, 0.3) is 5.91 Å². The van der Waals surface area contributed by atoms with Crippen molar-refractivity contribution in [2.75, 3.05) is 109 Å². The van der Waals surface area contributed by atoms with E-state index in [0.717, 1.165) is 35.2 Å². The van der Waals surface area contributed by atoms with Crippen LogP contribution >= 0.6 is 11.6 Å². The van der Waals surface area contributed by atoms with E-state index in [0.29, 0.717) is 132 Å². The number of nitrogens with zero attached hydrogens (tertiary/aromatic N) is 5. The summed E-state index contributed by atoms with van der Waals surface area (Å²) in [5, 5.41) is 15.1. The number of likely N-dealkylation sites (tertiary alicyclic amines) is 1. The van der Waals surface area contributed by atoms with Gasteiger partial charge in [-0.25, -0.2) is 4.79 Å². The lowest BCUT2D eigenvalue weighted by molar-refractivity contribution is -0.162. The predicted octanol–water partition coefficient (Wildman–Crippen LogP) is 8.72. The lowest BCUT2D eigenvalue weighted by Gasteiger charge is -2.37. The van der Waals surface area contributed by atoms with E-state index in [2.05, 4.69) is 20.8 Å². The van der Waals surface area contributed by atoms with Gasteiger partial charge in [0, 0.05) is 35.8 Å². The zero-order valence-electron chi connectivity index (χ0n) is 51.8. The highest BCUT2D eigenvalue weighted by Crippen LogP contribution is 2.42. The first-order chi connectivity index (χ1) is 43.3. The molecule has 0 spiro atoms. The first-order valence-corrected chi connectivity index (χ1v) is 30.1. The molecule has 0 unspecified atom stereocenters. The number of hydrogen-bond donors (Lipinski definition) is 2. The standard InChI is InChI=1S/C66H80ClN7O15/c1-9-50(46-37-58(82-6)63(84-8)59(38-46)83-7)65(77)73-28-11-10-15-54(73)66(78)89-55(24-16-43-17-25-56(80-4)57(35-43)81-5)45-13-12-14-49(36-45)88-41-61(76)69-27-30-86-32-34-87-33-31-85-29-26-68-60(75)40-52-64-72-71-42(2)74(64)53-23-22-48(79-3)39-51(53)62(70-52)44-18-20-47(67)21-19-44/h12-14,17-23,25,35-39,50,52,54-55H,9-11,15-16,24,26-34,40-41H2,1-8H3,(H,68,75)(H,69,76)/t50-,52-,54-,55+/m0/s1. The summed E-state index contributed by atoms with van der Waals surface area (Å²) in [5.41, 5.74) is 5.39. The smallest absolute Gasteiger partial charge is 0.329 e. The van der Waals surface area contributed by atoms with E-state index >= 15 is 0 Å². The Hall–Kier alpha value is -8.44. The first kappa shape index (κ1) is 66.5. The molecule has 4 atom stereocenters. The van der Waals surface area contributed by atoms with E-state index in [1.807, 2.05) is 73.0 Å². The van der Waals surface area contributed by atoms with Crippen molar-refractivity contribution in [1.29, 1.82) is 0 Å². The summed E-state index contributed by atoms with van der Waals surface area (Å²) in [6.45, 7) is 6.18. The average molecular weight is 1250 g/mol. The summed E-state index contributed by atoms with van der Waals surface area (Å²) in [4.78, 5) is 62.1. The van der Waals surface area contributed by atoms with Crippen LogP contribution in [0, 0.1) is 6.92 Å². The lowest BCUT2D eigenvalue weighted by atomic mass is 9.91. The number of aromatic nitrogens is 3. The highest BCUT2D eigenvalue weighted by Gasteiger charge is 2.38. The maximum Gasteiger partial charge on any atom is 0.329 e. The molecular weight excluding hydrogens is 1170 g/mol. The van der Waals surface area contributed by atoms with E-state index in [9.17, 15) is 19.2 Å². The molecule has 1 saturated heterocycles. The maximum atomic E-state index is 14.6. The SMILES string of the molecule is CC[C@H](C(=O)N1CCCC[C@H]1C(=O)O[C@H](CCc1ccc(OC)c(OC)c1)c1cccc(OCC(=O)NCCOCCOCCOCCNC(=O)C[C@@H]2N=C(c3ccc(Cl)cc3)c3cc(OC)ccc3-n3c(C)nnc32)c1)c1cc(OC)c(OC)c(OC)c1. The van der Waals surface area contributed by atoms with Gasteiger partial charge in [0.05, 0.1) is 106 Å². The fourth-order valence-corrected chi connectivity index (χ4v) is 11.0. The minimum Gasteiger partial charge on any atom is -0.497 e. The summed E-state index contributed by atoms with van der Waals surface area (Å²) in [6, 6.07) is 28.0. The highest BCUT2D eigenvalue weighted by molar-refractivity contribution is 6.30. The molecule has 5 aromatic carbocycles. The Bertz CT molecular complexity index is 3350. The number of piperidine rings is 1. The van der Waals surface area contributed by atoms with Crippen LogP contribution in [0.25, 0.3) is 5.69 Å². The normalized spacial score (nSPS) is 15.0. The molecule has 2 aliphatic heterocycles. The second-order valence-corrected chi connectivity index (χ2v) is 21.5. The Morgan fingerprint density at radius 1 is 0.674 bits per heavy atom. The number of carbonyl (C=O) groups excluding carboxylic acids is 4. The number of nitrogens with one attached hydrogen (secondary N) is 2. The first-order valence-electron chi connectivity index (χ1n) is 29.8. The van der Waals surface area contributed by atoms with Gasteiger partial charge in [0.15, 0.2) is 35.4 Å². The van der Waals surface area contributed by atoms with Gasteiger partial charge in [-0.2, -0.15) is 0 Å². The molecule has 89 heavy (non-hydrogen) atoms. The van der Waals surface area contributed by atoms with Crippen LogP contribution in [0.1, 0.15) is 103 Å². The van der Waals surface area contributed by atoms with Crippen molar-refractivity contribution >= 4 is 41.0 Å². The molecule has 2 aliphatic rings. The second-order valence-electron chi connectivity index (χ2n) is 21.0. The van der Waals surface area contributed by atoms with E-state index in [-0.39, 0.29) is 57.1 Å². The summed E-state index contributed by atoms with van der Waals surface area (Å²) in [5.74, 6) is 2.81. The molecule has 476 valence electrons. The summed E-state index contributed by atoms with van der Waals surface area (Å²) < 4.78 is 64.7. The van der Waals surface area contributed by atoms with Gasteiger partial charge in [-0.1, -0.05) is 48.9 Å². The molecule has 3 heterocycles. The van der Waals surface area contributed by atoms with Crippen LogP contribution in [0.4, 0.5) is 0 Å². The fraction of sp³-hybridized carbons (Fsp3) is 0.439. The molecule has 0 bridgehead atoms. The Balaban J connectivity index is 0.763. The van der Waals surface area contributed by atoms with Gasteiger partial charge in [-0.15, -0.1) is 10.2 Å². The third-order valence-electron chi connectivity index (χ3n) is 15.4. The molecule has 2 N–H and O–H groups in total. The van der Waals surface area contributed by atoms with Crippen molar-refractivity contribution in [1.82, 2.24) is 30.3 Å². The highest BCUT2D eigenvalue weighted by atomic mass is 35.5. The third-order valence-corrected chi connectivity index (χ3v) is 15.6. The monoisotopic (exact) mass is 1250 g/mol. The Kier molecular flexibility index (Phi) is 24.8. The van der Waals surface area contributed by atoms with Gasteiger partial charge in [-0.05, 0) is 129 Å². The summed E-state index contributed by atoms with van der Waals surface area (Å²) in [7, 11) is 9.33. The minimum atomic E-state index is -0.823. The van der Waals surface area contributed by atoms with Crippen molar-refractivity contribution in [3.8, 4) is 45.9 Å². The quantitative estimate of drug-likeness (QED) is 0.0289. The van der Waals surface area contributed by atoms with Crippen molar-refractivity contribution < 1.29 is 71.3 Å². The molecule has 6 aromatic rings. The topological polar surface area (TPSA) is 240 Å². The molecule has 0 aliphatic carbocycles. The van der Waals surface area contributed by atoms with Crippen LogP contribution in [-0.2, 0) is 44.5 Å². The Morgan fingerprint density at radius 2 is 1.36 bits per heavy atom. The van der Waals surface area contributed by atoms with Crippen molar-refractivity contribution in [3.05, 3.63) is 142 Å². The number of rotatable bonds is 33. The molecule has 22 nitrogen and oxygen atoms in total. The molecule has 0 saturated carbocycles.